The highest BCUT2D eigenvalue weighted by Gasteiger charge is 2.24. The van der Waals surface area contributed by atoms with Crippen molar-refractivity contribution in [1.29, 1.82) is 0 Å². The lowest BCUT2D eigenvalue weighted by Crippen LogP contribution is -2.23. The lowest BCUT2D eigenvalue weighted by Gasteiger charge is -2.24. The third-order valence-electron chi connectivity index (χ3n) is 6.33. The molecule has 37 heavy (non-hydrogen) atoms. The van der Waals surface area contributed by atoms with E-state index in [2.05, 4.69) is 19.9 Å². The van der Waals surface area contributed by atoms with E-state index in [0.29, 0.717) is 50.4 Å². The highest BCUT2D eigenvalue weighted by atomic mass is 16.6. The van der Waals surface area contributed by atoms with Gasteiger partial charge >= 0.3 is 5.97 Å². The minimum Gasteiger partial charge on any atom is -0.460 e. The predicted molar refractivity (Wildman–Crippen MR) is 139 cm³/mol. The van der Waals surface area contributed by atoms with Gasteiger partial charge in [0, 0.05) is 25.7 Å². The number of hydrogen-bond acceptors (Lipinski definition) is 8. The molecule has 9 nitrogen and oxygen atoms in total. The summed E-state index contributed by atoms with van der Waals surface area (Å²) >= 11 is 0. The van der Waals surface area contributed by atoms with Gasteiger partial charge in [-0.2, -0.15) is 10.1 Å². The molecular formula is C28H38N4O5. The number of carbonyl (C=O) groups excluding carboxylic acids is 1. The quantitative estimate of drug-likeness (QED) is 0.232. The van der Waals surface area contributed by atoms with Crippen LogP contribution in [-0.4, -0.2) is 45.2 Å². The first-order valence-electron chi connectivity index (χ1n) is 13.1. The number of carbonyl (C=O) groups is 1. The normalized spacial score (nSPS) is 14.7. The Morgan fingerprint density at radius 1 is 1.11 bits per heavy atom. The van der Waals surface area contributed by atoms with Crippen molar-refractivity contribution >= 4 is 5.97 Å². The molecule has 0 spiro atoms. The van der Waals surface area contributed by atoms with Gasteiger partial charge in [0.2, 0.25) is 5.82 Å². The molecule has 2 aromatic heterocycles. The Morgan fingerprint density at radius 3 is 2.57 bits per heavy atom. The van der Waals surface area contributed by atoms with Crippen LogP contribution in [0.1, 0.15) is 83.0 Å². The molecular weight excluding hydrogens is 472 g/mol. The first-order valence-corrected chi connectivity index (χ1v) is 13.1. The van der Waals surface area contributed by atoms with Crippen LogP contribution in [0.4, 0.5) is 0 Å². The summed E-state index contributed by atoms with van der Waals surface area (Å²) in [4.78, 5) is 16.4. The lowest BCUT2D eigenvalue weighted by molar-refractivity contribution is -0.155. The van der Waals surface area contributed by atoms with Crippen LogP contribution in [0.5, 0.6) is 0 Å². The fraction of sp³-hybridized carbons (Fsp3) is 0.571. The van der Waals surface area contributed by atoms with E-state index in [9.17, 15) is 4.79 Å². The van der Waals surface area contributed by atoms with Crippen LogP contribution in [0.25, 0.3) is 22.8 Å². The molecule has 0 bridgehead atoms. The van der Waals surface area contributed by atoms with Crippen LogP contribution in [0.15, 0.2) is 35.0 Å². The second-order valence-corrected chi connectivity index (χ2v) is 10.5. The Bertz CT molecular complexity index is 1140. The van der Waals surface area contributed by atoms with E-state index < -0.39 is 5.60 Å². The molecule has 0 atom stereocenters. The summed E-state index contributed by atoms with van der Waals surface area (Å²) in [6.45, 7) is 7.00. The average molecular weight is 511 g/mol. The molecule has 1 aliphatic rings. The molecule has 4 rings (SSSR count). The van der Waals surface area contributed by atoms with Crippen LogP contribution in [-0.2, 0) is 32.2 Å². The van der Waals surface area contributed by atoms with Gasteiger partial charge in [-0.25, -0.2) is 0 Å². The molecule has 0 radical (unpaired) electrons. The second-order valence-electron chi connectivity index (χ2n) is 10.5. The molecule has 2 heterocycles. The van der Waals surface area contributed by atoms with Crippen molar-refractivity contribution in [2.75, 3.05) is 13.7 Å². The summed E-state index contributed by atoms with van der Waals surface area (Å²) in [6.07, 6.45) is 8.79. The van der Waals surface area contributed by atoms with E-state index in [-0.39, 0.29) is 5.97 Å². The van der Waals surface area contributed by atoms with E-state index in [1.165, 1.54) is 19.3 Å². The highest BCUT2D eigenvalue weighted by molar-refractivity contribution is 5.69. The molecule has 3 aromatic rings. The Balaban J connectivity index is 1.33. The number of esters is 1. The zero-order valence-electron chi connectivity index (χ0n) is 22.4. The van der Waals surface area contributed by atoms with Crippen LogP contribution < -0.4 is 0 Å². The van der Waals surface area contributed by atoms with Crippen molar-refractivity contribution in [2.45, 2.75) is 90.6 Å². The van der Waals surface area contributed by atoms with Crippen molar-refractivity contribution in [3.8, 4) is 22.8 Å². The van der Waals surface area contributed by atoms with Crippen LogP contribution in [0.2, 0.25) is 0 Å². The van der Waals surface area contributed by atoms with E-state index in [1.807, 2.05) is 51.2 Å². The summed E-state index contributed by atoms with van der Waals surface area (Å²) in [5.41, 5.74) is 3.23. The number of aromatic nitrogens is 4. The number of hydrogen-bond donors (Lipinski definition) is 0. The van der Waals surface area contributed by atoms with Crippen LogP contribution in [0, 0.1) is 0 Å². The smallest absolute Gasteiger partial charge is 0.306 e. The minimum absolute atomic E-state index is 0.199. The van der Waals surface area contributed by atoms with Crippen molar-refractivity contribution in [3.63, 3.8) is 0 Å². The van der Waals surface area contributed by atoms with E-state index in [1.54, 1.807) is 7.11 Å². The van der Waals surface area contributed by atoms with Gasteiger partial charge in [-0.15, -0.1) is 0 Å². The topological polar surface area (TPSA) is 102 Å². The van der Waals surface area contributed by atoms with Crippen molar-refractivity contribution in [2.24, 2.45) is 0 Å². The van der Waals surface area contributed by atoms with Gasteiger partial charge in [0.05, 0.1) is 36.7 Å². The van der Waals surface area contributed by atoms with E-state index >= 15 is 0 Å². The SMILES string of the molecule is COCc1c(-c2nc(-c3ccc(COCCCC(=O)OC(C)(C)C)cc3)no2)cnn1C1CCCCC1. The number of ether oxygens (including phenoxy) is 3. The third-order valence-corrected chi connectivity index (χ3v) is 6.33. The summed E-state index contributed by atoms with van der Waals surface area (Å²) in [5.74, 6) is 0.769. The molecule has 1 aliphatic carbocycles. The summed E-state index contributed by atoms with van der Waals surface area (Å²) in [7, 11) is 1.69. The summed E-state index contributed by atoms with van der Waals surface area (Å²) in [6, 6.07) is 8.26. The van der Waals surface area contributed by atoms with Crippen molar-refractivity contribution < 1.29 is 23.5 Å². The van der Waals surface area contributed by atoms with Gasteiger partial charge in [0.1, 0.15) is 5.60 Å². The maximum atomic E-state index is 11.8. The molecule has 1 aromatic carbocycles. The molecule has 0 amide bonds. The van der Waals surface area contributed by atoms with Gasteiger partial charge in [0.15, 0.2) is 0 Å². The lowest BCUT2D eigenvalue weighted by atomic mass is 9.95. The summed E-state index contributed by atoms with van der Waals surface area (Å²) < 4.78 is 24.2. The maximum absolute atomic E-state index is 11.8. The monoisotopic (exact) mass is 510 g/mol. The van der Waals surface area contributed by atoms with E-state index in [0.717, 1.165) is 35.2 Å². The molecule has 1 saturated carbocycles. The van der Waals surface area contributed by atoms with Crippen molar-refractivity contribution in [3.05, 3.63) is 41.7 Å². The molecule has 0 saturated heterocycles. The van der Waals surface area contributed by atoms with Gasteiger partial charge in [0.25, 0.3) is 5.89 Å². The molecule has 0 unspecified atom stereocenters. The van der Waals surface area contributed by atoms with Gasteiger partial charge < -0.3 is 18.7 Å². The molecule has 200 valence electrons. The molecule has 1 fully saturated rings. The predicted octanol–water partition coefficient (Wildman–Crippen LogP) is 5.89. The fourth-order valence-corrected chi connectivity index (χ4v) is 4.59. The van der Waals surface area contributed by atoms with Crippen LogP contribution >= 0.6 is 0 Å². The first-order chi connectivity index (χ1) is 17.8. The Kier molecular flexibility index (Phi) is 9.10. The second kappa shape index (κ2) is 12.5. The average Bonchev–Trinajstić information content (AvgIpc) is 3.51. The standard InChI is InChI=1S/C28H38N4O5/c1-28(2,3)36-25(33)11-8-16-35-18-20-12-14-21(15-13-20)26-30-27(37-31-26)23-17-29-32(24(23)19-34-4)22-9-6-5-7-10-22/h12-15,17,22H,5-11,16,18-19H2,1-4H3. The number of benzene rings is 1. The summed E-state index contributed by atoms with van der Waals surface area (Å²) in [5, 5.41) is 8.87. The maximum Gasteiger partial charge on any atom is 0.306 e. The Labute approximate surface area is 218 Å². The Hall–Kier alpha value is -3.04. The highest BCUT2D eigenvalue weighted by Crippen LogP contribution is 2.33. The van der Waals surface area contributed by atoms with Gasteiger partial charge in [-0.1, -0.05) is 48.7 Å². The zero-order chi connectivity index (χ0) is 26.3. The third kappa shape index (κ3) is 7.49. The fourth-order valence-electron chi connectivity index (χ4n) is 4.59. The molecule has 9 heteroatoms. The van der Waals surface area contributed by atoms with E-state index in [4.69, 9.17) is 18.7 Å². The Morgan fingerprint density at radius 2 is 1.86 bits per heavy atom. The first kappa shape index (κ1) is 27.0. The van der Waals surface area contributed by atoms with Gasteiger partial charge in [-0.3, -0.25) is 9.48 Å². The number of rotatable bonds is 11. The number of methoxy groups -OCH3 is 1. The number of nitrogens with zero attached hydrogens (tertiary/aromatic N) is 4. The molecule has 0 N–H and O–H groups in total. The minimum atomic E-state index is -0.456. The largest absolute Gasteiger partial charge is 0.460 e. The van der Waals surface area contributed by atoms with Crippen molar-refractivity contribution in [1.82, 2.24) is 19.9 Å². The van der Waals surface area contributed by atoms with Crippen LogP contribution in [0.3, 0.4) is 0 Å². The zero-order valence-corrected chi connectivity index (χ0v) is 22.4. The van der Waals surface area contributed by atoms with Gasteiger partial charge in [-0.05, 0) is 45.6 Å². The molecule has 0 aliphatic heterocycles.